The summed E-state index contributed by atoms with van der Waals surface area (Å²) in [5.41, 5.74) is 7.58. The molecule has 0 radical (unpaired) electrons. The summed E-state index contributed by atoms with van der Waals surface area (Å²) >= 11 is 0. The fourth-order valence-electron chi connectivity index (χ4n) is 1.88. The molecule has 0 atom stereocenters. The molecule has 2 aromatic rings. The van der Waals surface area contributed by atoms with Gasteiger partial charge in [0.15, 0.2) is 0 Å². The summed E-state index contributed by atoms with van der Waals surface area (Å²) in [6.07, 6.45) is 0. The summed E-state index contributed by atoms with van der Waals surface area (Å²) in [5.74, 6) is 1.06. The largest absolute Gasteiger partial charge is 0.262 e. The van der Waals surface area contributed by atoms with Gasteiger partial charge in [-0.1, -0.05) is 13.8 Å². The molecule has 18 heavy (non-hydrogen) atoms. The first-order valence-electron chi connectivity index (χ1n) is 6.25. The topological polar surface area (TPSA) is 42.7 Å². The predicted molar refractivity (Wildman–Crippen MR) is 73.8 cm³/mol. The summed E-state index contributed by atoms with van der Waals surface area (Å²) < 4.78 is 2.00. The van der Waals surface area contributed by atoms with E-state index in [1.807, 2.05) is 17.7 Å². The molecular weight excluding hydrogens is 224 g/mol. The first kappa shape index (κ1) is 12.6. The van der Waals surface area contributed by atoms with E-state index in [4.69, 9.17) is 0 Å². The minimum absolute atomic E-state index is 0.402. The maximum absolute atomic E-state index is 4.55. The number of rotatable bonds is 3. The average molecular weight is 244 g/mol. The Morgan fingerprint density at radius 1 is 1.06 bits per heavy atom. The highest BCUT2D eigenvalue weighted by atomic mass is 15.5. The zero-order valence-corrected chi connectivity index (χ0v) is 11.7. The molecule has 0 bridgehead atoms. The van der Waals surface area contributed by atoms with E-state index in [9.17, 15) is 0 Å². The fraction of sp³-hybridized carbons (Fsp3) is 0.429. The van der Waals surface area contributed by atoms with E-state index in [2.05, 4.69) is 55.2 Å². The van der Waals surface area contributed by atoms with Gasteiger partial charge in [-0.15, -0.1) is 0 Å². The van der Waals surface area contributed by atoms with Crippen molar-refractivity contribution in [3.8, 4) is 0 Å². The maximum Gasteiger partial charge on any atom is 0.242 e. The number of anilines is 1. The van der Waals surface area contributed by atoms with Gasteiger partial charge in [0, 0.05) is 22.8 Å². The molecular formula is C14H20N4. The van der Waals surface area contributed by atoms with Crippen LogP contribution in [-0.4, -0.2) is 14.6 Å². The SMILES string of the molecule is Cc1cc(C(C)C)nc(Nn2c(C)ccc2C)n1. The van der Waals surface area contributed by atoms with Crippen LogP contribution in [0, 0.1) is 20.8 Å². The summed E-state index contributed by atoms with van der Waals surface area (Å²) in [4.78, 5) is 8.98. The Bertz CT molecular complexity index is 535. The van der Waals surface area contributed by atoms with Crippen LogP contribution in [0.15, 0.2) is 18.2 Å². The van der Waals surface area contributed by atoms with Crippen LogP contribution in [0.4, 0.5) is 5.95 Å². The fourth-order valence-corrected chi connectivity index (χ4v) is 1.88. The van der Waals surface area contributed by atoms with E-state index in [0.717, 1.165) is 22.8 Å². The number of hydrogen-bond donors (Lipinski definition) is 1. The van der Waals surface area contributed by atoms with Crippen molar-refractivity contribution in [2.24, 2.45) is 0 Å². The normalized spacial score (nSPS) is 11.0. The van der Waals surface area contributed by atoms with Crippen molar-refractivity contribution in [1.82, 2.24) is 14.6 Å². The molecule has 0 saturated carbocycles. The molecule has 4 nitrogen and oxygen atoms in total. The second-order valence-electron chi connectivity index (χ2n) is 4.98. The van der Waals surface area contributed by atoms with Crippen LogP contribution in [0.2, 0.25) is 0 Å². The minimum atomic E-state index is 0.402. The molecule has 4 heteroatoms. The van der Waals surface area contributed by atoms with Crippen LogP contribution in [0.1, 0.15) is 42.5 Å². The highest BCUT2D eigenvalue weighted by molar-refractivity contribution is 5.31. The van der Waals surface area contributed by atoms with Crippen LogP contribution in [0.3, 0.4) is 0 Å². The van der Waals surface area contributed by atoms with E-state index in [1.165, 1.54) is 0 Å². The molecule has 0 aliphatic rings. The molecule has 0 amide bonds. The zero-order chi connectivity index (χ0) is 13.3. The second-order valence-corrected chi connectivity index (χ2v) is 4.98. The smallest absolute Gasteiger partial charge is 0.242 e. The minimum Gasteiger partial charge on any atom is -0.262 e. The van der Waals surface area contributed by atoms with Gasteiger partial charge in [-0.3, -0.25) is 10.1 Å². The number of hydrogen-bond acceptors (Lipinski definition) is 3. The van der Waals surface area contributed by atoms with Crippen molar-refractivity contribution in [2.45, 2.75) is 40.5 Å². The van der Waals surface area contributed by atoms with Gasteiger partial charge in [0.1, 0.15) is 0 Å². The summed E-state index contributed by atoms with van der Waals surface area (Å²) in [7, 11) is 0. The molecule has 0 aromatic carbocycles. The van der Waals surface area contributed by atoms with Crippen molar-refractivity contribution in [3.05, 3.63) is 41.0 Å². The first-order chi connectivity index (χ1) is 8.47. The number of nitrogens with one attached hydrogen (secondary N) is 1. The summed E-state index contributed by atoms with van der Waals surface area (Å²) in [5, 5.41) is 0. The van der Waals surface area contributed by atoms with E-state index in [-0.39, 0.29) is 0 Å². The molecule has 96 valence electrons. The summed E-state index contributed by atoms with van der Waals surface area (Å²) in [6, 6.07) is 6.17. The lowest BCUT2D eigenvalue weighted by Crippen LogP contribution is -2.15. The van der Waals surface area contributed by atoms with Crippen LogP contribution >= 0.6 is 0 Å². The molecule has 0 saturated heterocycles. The third-order valence-electron chi connectivity index (χ3n) is 2.95. The van der Waals surface area contributed by atoms with E-state index in [0.29, 0.717) is 11.9 Å². The van der Waals surface area contributed by atoms with Crippen LogP contribution in [-0.2, 0) is 0 Å². The van der Waals surface area contributed by atoms with Gasteiger partial charge in [-0.05, 0) is 44.9 Å². The molecule has 0 fully saturated rings. The Balaban J connectivity index is 2.35. The van der Waals surface area contributed by atoms with Crippen LogP contribution < -0.4 is 5.43 Å². The molecule has 0 spiro atoms. The zero-order valence-electron chi connectivity index (χ0n) is 11.7. The van der Waals surface area contributed by atoms with Crippen molar-refractivity contribution >= 4 is 5.95 Å². The molecule has 2 heterocycles. The van der Waals surface area contributed by atoms with Crippen molar-refractivity contribution < 1.29 is 0 Å². The highest BCUT2D eigenvalue weighted by Gasteiger charge is 2.07. The number of aromatic nitrogens is 3. The summed E-state index contributed by atoms with van der Waals surface area (Å²) in [6.45, 7) is 10.4. The van der Waals surface area contributed by atoms with Gasteiger partial charge < -0.3 is 0 Å². The lowest BCUT2D eigenvalue weighted by Gasteiger charge is -2.13. The Hall–Kier alpha value is -1.84. The van der Waals surface area contributed by atoms with Gasteiger partial charge in [0.05, 0.1) is 0 Å². The third kappa shape index (κ3) is 2.53. The van der Waals surface area contributed by atoms with Gasteiger partial charge >= 0.3 is 0 Å². The Labute approximate surface area is 108 Å². The molecule has 1 N–H and O–H groups in total. The molecule has 2 rings (SSSR count). The average Bonchev–Trinajstić information content (AvgIpc) is 2.60. The quantitative estimate of drug-likeness (QED) is 0.901. The Kier molecular flexibility index (Phi) is 3.36. The lowest BCUT2D eigenvalue weighted by atomic mass is 10.1. The molecule has 0 unspecified atom stereocenters. The van der Waals surface area contributed by atoms with Crippen molar-refractivity contribution in [1.29, 1.82) is 0 Å². The van der Waals surface area contributed by atoms with Gasteiger partial charge in [-0.2, -0.15) is 0 Å². The maximum atomic E-state index is 4.55. The standard InChI is InChI=1S/C14H20N4/c1-9(2)13-8-10(3)15-14(16-13)17-18-11(4)6-7-12(18)5/h6-9H,1-5H3,(H,15,16,17). The molecule has 0 aliphatic heterocycles. The third-order valence-corrected chi connectivity index (χ3v) is 2.95. The van der Waals surface area contributed by atoms with E-state index >= 15 is 0 Å². The van der Waals surface area contributed by atoms with E-state index in [1.54, 1.807) is 0 Å². The van der Waals surface area contributed by atoms with Gasteiger partial charge in [0.25, 0.3) is 0 Å². The Morgan fingerprint density at radius 3 is 2.22 bits per heavy atom. The first-order valence-corrected chi connectivity index (χ1v) is 6.25. The highest BCUT2D eigenvalue weighted by Crippen LogP contribution is 2.15. The monoisotopic (exact) mass is 244 g/mol. The van der Waals surface area contributed by atoms with Crippen molar-refractivity contribution in [3.63, 3.8) is 0 Å². The number of aryl methyl sites for hydroxylation is 3. The van der Waals surface area contributed by atoms with Gasteiger partial charge in [0.2, 0.25) is 5.95 Å². The second kappa shape index (κ2) is 4.80. The van der Waals surface area contributed by atoms with Crippen LogP contribution in [0.5, 0.6) is 0 Å². The van der Waals surface area contributed by atoms with Gasteiger partial charge in [-0.25, -0.2) is 9.97 Å². The van der Waals surface area contributed by atoms with Crippen LogP contribution in [0.25, 0.3) is 0 Å². The number of nitrogens with zero attached hydrogens (tertiary/aromatic N) is 3. The predicted octanol–water partition coefficient (Wildman–Crippen LogP) is 3.20. The molecule has 2 aromatic heterocycles. The van der Waals surface area contributed by atoms with Crippen molar-refractivity contribution in [2.75, 3.05) is 5.43 Å². The lowest BCUT2D eigenvalue weighted by molar-refractivity contribution is 0.792. The van der Waals surface area contributed by atoms with E-state index < -0.39 is 0 Å². The molecule has 0 aliphatic carbocycles. The Morgan fingerprint density at radius 2 is 1.67 bits per heavy atom.